The number of amides is 2. The number of carbonyl (C=O) groups is 3. The Morgan fingerprint density at radius 1 is 1.08 bits per heavy atom. The summed E-state index contributed by atoms with van der Waals surface area (Å²) in [5, 5.41) is 10.2. The quantitative estimate of drug-likeness (QED) is 0.108. The van der Waals surface area contributed by atoms with Gasteiger partial charge in [-0.1, -0.05) is 79.0 Å². The topological polar surface area (TPSA) is 134 Å². The first kappa shape index (κ1) is 52.8. The van der Waals surface area contributed by atoms with Gasteiger partial charge in [-0.05, 0) is 94.4 Å². The lowest BCUT2D eigenvalue weighted by Crippen LogP contribution is -2.27. The number of alkyl halides is 1. The molecule has 1 aromatic heterocycles. The molecule has 4 N–H and O–H groups in total. The van der Waals surface area contributed by atoms with Crippen molar-refractivity contribution in [1.82, 2.24) is 15.1 Å². The van der Waals surface area contributed by atoms with Crippen LogP contribution in [0, 0.1) is 17.2 Å². The van der Waals surface area contributed by atoms with E-state index >= 15 is 0 Å². The molecule has 0 bridgehead atoms. The number of thiophene rings is 1. The second-order valence-electron chi connectivity index (χ2n) is 11.7. The number of carbonyl (C=O) groups excluding carboxylic acids is 3. The van der Waals surface area contributed by atoms with Crippen LogP contribution in [0.5, 0.6) is 0 Å². The Kier molecular flexibility index (Phi) is 35.7. The second-order valence-corrected chi connectivity index (χ2v) is 13.8. The number of halogens is 1. The van der Waals surface area contributed by atoms with E-state index in [4.69, 9.17) is 20.0 Å². The van der Waals surface area contributed by atoms with Gasteiger partial charge in [0.25, 0.3) is 5.91 Å². The Morgan fingerprint density at radius 2 is 1.67 bits per heavy atom. The van der Waals surface area contributed by atoms with E-state index in [1.54, 1.807) is 25.4 Å². The minimum absolute atomic E-state index is 0.193. The Labute approximate surface area is 314 Å². The zero-order valence-corrected chi connectivity index (χ0v) is 34.9. The van der Waals surface area contributed by atoms with Gasteiger partial charge in [0.1, 0.15) is 6.79 Å². The highest BCUT2D eigenvalue weighted by atomic mass is 32.1. The number of nitrogens with one attached hydrogen (secondary N) is 2. The Balaban J connectivity index is -0.000000626. The normalized spacial score (nSPS) is 15.8. The van der Waals surface area contributed by atoms with Crippen LogP contribution in [0.4, 0.5) is 4.39 Å². The van der Waals surface area contributed by atoms with Crippen molar-refractivity contribution in [3.05, 3.63) is 46.9 Å². The van der Waals surface area contributed by atoms with E-state index in [1.807, 2.05) is 65.4 Å². The molecular formula is C39H70FN4O5PS. The summed E-state index contributed by atoms with van der Waals surface area (Å²) in [6.07, 6.45) is 14.8. The molecule has 0 radical (unpaired) electrons. The molecule has 4 rings (SSSR count). The monoisotopic (exact) mass is 756 g/mol. The highest BCUT2D eigenvalue weighted by Crippen LogP contribution is 2.45. The maximum absolute atomic E-state index is 13.5. The van der Waals surface area contributed by atoms with Crippen LogP contribution >= 0.6 is 19.7 Å². The molecule has 2 saturated heterocycles. The van der Waals surface area contributed by atoms with Crippen LogP contribution in [0.2, 0.25) is 0 Å². The van der Waals surface area contributed by atoms with Gasteiger partial charge in [-0.25, -0.2) is 4.39 Å². The third kappa shape index (κ3) is 23.6. The van der Waals surface area contributed by atoms with Crippen molar-refractivity contribution in [2.75, 3.05) is 40.3 Å². The van der Waals surface area contributed by atoms with Crippen molar-refractivity contribution in [3.63, 3.8) is 0 Å². The molecule has 51 heavy (non-hydrogen) atoms. The summed E-state index contributed by atoms with van der Waals surface area (Å²) in [6, 6.07) is 6.36. The van der Waals surface area contributed by atoms with Crippen molar-refractivity contribution < 1.29 is 28.6 Å². The van der Waals surface area contributed by atoms with Gasteiger partial charge in [0.15, 0.2) is 5.91 Å². The minimum Gasteiger partial charge on any atom is -0.354 e. The van der Waals surface area contributed by atoms with Crippen LogP contribution in [-0.2, 0) is 9.59 Å². The zero-order chi connectivity index (χ0) is 39.8. The lowest BCUT2D eigenvalue weighted by atomic mass is 9.99. The van der Waals surface area contributed by atoms with E-state index in [-0.39, 0.29) is 11.5 Å². The first-order valence-electron chi connectivity index (χ1n) is 18.4. The lowest BCUT2D eigenvalue weighted by Gasteiger charge is -2.15. The fourth-order valence-corrected chi connectivity index (χ4v) is 6.46. The largest absolute Gasteiger partial charge is 0.354 e. The number of rotatable bonds is 10. The Morgan fingerprint density at radius 3 is 2.10 bits per heavy atom. The SMILES string of the molecule is C/C=C\C.C=O.CC.CC.CCCC(C)CCCC(=O)N1CCCC1.CN1CCC(C=N)C1.CNC(=O)c1cc2cc(C(F)P(O)O)ccc2s1. The molecule has 0 spiro atoms. The maximum Gasteiger partial charge on any atom is 0.261 e. The van der Waals surface area contributed by atoms with Crippen molar-refractivity contribution in [1.29, 1.82) is 5.41 Å². The fraction of sp³-hybridized carbons (Fsp3) is 0.641. The van der Waals surface area contributed by atoms with Crippen molar-refractivity contribution in [2.24, 2.45) is 11.8 Å². The summed E-state index contributed by atoms with van der Waals surface area (Å²) in [6.45, 7) is 22.8. The number of fused-ring (bicyclic) bond motifs is 1. The van der Waals surface area contributed by atoms with E-state index in [9.17, 15) is 14.0 Å². The molecule has 3 heterocycles. The van der Waals surface area contributed by atoms with Gasteiger partial charge in [0.05, 0.1) is 4.88 Å². The summed E-state index contributed by atoms with van der Waals surface area (Å²) in [5.74, 6) is -0.258. The van der Waals surface area contributed by atoms with Crippen LogP contribution in [0.1, 0.15) is 128 Å². The molecule has 2 fully saturated rings. The first-order valence-corrected chi connectivity index (χ1v) is 20.5. The van der Waals surface area contributed by atoms with E-state index in [0.29, 0.717) is 16.7 Å². The molecule has 0 aliphatic carbocycles. The van der Waals surface area contributed by atoms with Crippen LogP contribution in [0.3, 0.4) is 0 Å². The average molecular weight is 757 g/mol. The molecule has 2 aromatic rings. The minimum atomic E-state index is -2.64. The second kappa shape index (κ2) is 34.5. The molecule has 3 atom stereocenters. The van der Waals surface area contributed by atoms with E-state index in [0.717, 1.165) is 48.5 Å². The predicted molar refractivity (Wildman–Crippen MR) is 219 cm³/mol. The highest BCUT2D eigenvalue weighted by Gasteiger charge is 2.20. The third-order valence-corrected chi connectivity index (χ3v) is 9.61. The number of hydrogen-bond acceptors (Lipinski definition) is 8. The molecule has 2 aliphatic rings. The number of hydrogen-bond donors (Lipinski definition) is 4. The van der Waals surface area contributed by atoms with Gasteiger partial charge in [-0.2, -0.15) is 0 Å². The molecule has 9 nitrogen and oxygen atoms in total. The van der Waals surface area contributed by atoms with Crippen molar-refractivity contribution in [2.45, 2.75) is 113 Å². The molecular weight excluding hydrogens is 686 g/mol. The number of likely N-dealkylation sites (tertiary alicyclic amines) is 2. The third-order valence-electron chi connectivity index (χ3n) is 7.79. The average Bonchev–Trinajstić information content (AvgIpc) is 3.95. The Bertz CT molecular complexity index is 1190. The van der Waals surface area contributed by atoms with Gasteiger partial charge in [-0.3, -0.25) is 9.59 Å². The zero-order valence-electron chi connectivity index (χ0n) is 33.2. The number of benzene rings is 1. The smallest absolute Gasteiger partial charge is 0.261 e. The first-order chi connectivity index (χ1) is 24.5. The van der Waals surface area contributed by atoms with Crippen LogP contribution in [0.15, 0.2) is 36.4 Å². The Hall–Kier alpha value is -2.56. The molecule has 2 aliphatic heterocycles. The molecule has 0 saturated carbocycles. The highest BCUT2D eigenvalue weighted by molar-refractivity contribution is 7.45. The summed E-state index contributed by atoms with van der Waals surface area (Å²) < 4.78 is 14.3. The van der Waals surface area contributed by atoms with Crippen LogP contribution < -0.4 is 5.32 Å². The van der Waals surface area contributed by atoms with Gasteiger partial charge < -0.3 is 35.1 Å². The van der Waals surface area contributed by atoms with E-state index in [2.05, 4.69) is 31.1 Å². The number of nitrogens with zero attached hydrogens (tertiary/aromatic N) is 2. The lowest BCUT2D eigenvalue weighted by molar-refractivity contribution is -0.130. The summed E-state index contributed by atoms with van der Waals surface area (Å²) in [7, 11) is 0.998. The van der Waals surface area contributed by atoms with Gasteiger partial charge in [0.2, 0.25) is 14.3 Å². The van der Waals surface area contributed by atoms with E-state index < -0.39 is 14.3 Å². The van der Waals surface area contributed by atoms with Gasteiger partial charge in [0, 0.05) is 43.7 Å². The fourth-order valence-electron chi connectivity index (χ4n) is 5.05. The molecule has 12 heteroatoms. The van der Waals surface area contributed by atoms with Crippen molar-refractivity contribution in [3.8, 4) is 0 Å². The molecule has 2 amide bonds. The van der Waals surface area contributed by atoms with Gasteiger partial charge in [-0.15, -0.1) is 11.3 Å². The standard InChI is InChI=1S/C13H25NO.C11H11FNO3PS.C6H12N2.C4H8.2C2H6.CH2O/c1-3-7-12(2)8-6-9-13(15)14-10-4-5-11-14;1-13-11(14)9-5-7-4-6(10(12)17(15)16)2-3-8(7)18-9;1-8-3-2-6(4-7)5-8;1-3-4-2;3*1-2/h12H,3-11H2,1-2H3;2-5,10,15-16H,1H3,(H,13,14);4,6-7H,2-3,5H2,1H3;3-4H,1-2H3;2*1-2H3;1H2/b;;;4-3-;;;. The van der Waals surface area contributed by atoms with Crippen molar-refractivity contribution >= 4 is 54.6 Å². The van der Waals surface area contributed by atoms with Crippen LogP contribution in [-0.4, -0.2) is 84.7 Å². The predicted octanol–water partition coefficient (Wildman–Crippen LogP) is 9.78. The van der Waals surface area contributed by atoms with Crippen LogP contribution in [0.25, 0.3) is 10.1 Å². The number of allylic oxidation sites excluding steroid dienone is 2. The van der Waals surface area contributed by atoms with E-state index in [1.165, 1.54) is 68.5 Å². The maximum atomic E-state index is 13.5. The molecule has 294 valence electrons. The summed E-state index contributed by atoms with van der Waals surface area (Å²) >= 11 is 1.30. The summed E-state index contributed by atoms with van der Waals surface area (Å²) in [4.78, 5) is 53.7. The van der Waals surface area contributed by atoms with Gasteiger partial charge >= 0.3 is 0 Å². The summed E-state index contributed by atoms with van der Waals surface area (Å²) in [5.41, 5.74) is 0.208. The molecule has 3 unspecified atom stereocenters. The molecule has 1 aromatic carbocycles.